The molecule has 0 saturated carbocycles. The summed E-state index contributed by atoms with van der Waals surface area (Å²) in [7, 11) is 1.50. The zero-order valence-corrected chi connectivity index (χ0v) is 20.5. The predicted octanol–water partition coefficient (Wildman–Crippen LogP) is 1.95. The number of aromatic amines is 1. The van der Waals surface area contributed by atoms with Crippen LogP contribution in [0.4, 0.5) is 11.5 Å². The molecule has 0 atom stereocenters. The molecule has 0 aliphatic heterocycles. The summed E-state index contributed by atoms with van der Waals surface area (Å²) in [5.41, 5.74) is 6.02. The number of carbonyl (C=O) groups is 2. The Balaban J connectivity index is 1.84. The normalized spacial score (nSPS) is 10.8. The Morgan fingerprint density at radius 1 is 1.06 bits per heavy atom. The second-order valence-electron chi connectivity index (χ2n) is 8.61. The molecule has 3 N–H and O–H groups in total. The van der Waals surface area contributed by atoms with Crippen LogP contribution >= 0.6 is 0 Å². The largest absolute Gasteiger partial charge is 0.496 e. The maximum Gasteiger partial charge on any atom is 0.330 e. The lowest BCUT2D eigenvalue weighted by Gasteiger charge is -2.26. The van der Waals surface area contributed by atoms with Crippen LogP contribution in [-0.4, -0.2) is 41.7 Å². The van der Waals surface area contributed by atoms with Gasteiger partial charge in [0.15, 0.2) is 12.3 Å². The van der Waals surface area contributed by atoms with E-state index in [1.807, 2.05) is 44.2 Å². The van der Waals surface area contributed by atoms with E-state index in [2.05, 4.69) is 4.98 Å². The molecule has 3 aromatic rings. The number of H-pyrrole nitrogens is 1. The molecule has 0 spiro atoms. The van der Waals surface area contributed by atoms with Crippen LogP contribution in [0.1, 0.15) is 25.0 Å². The Morgan fingerprint density at radius 2 is 1.72 bits per heavy atom. The van der Waals surface area contributed by atoms with Crippen molar-refractivity contribution >= 4 is 23.4 Å². The summed E-state index contributed by atoms with van der Waals surface area (Å²) in [6.07, 6.45) is -0.0911. The Morgan fingerprint density at radius 3 is 2.39 bits per heavy atom. The predicted molar refractivity (Wildman–Crippen MR) is 136 cm³/mol. The number of nitrogens with one attached hydrogen (secondary N) is 1. The van der Waals surface area contributed by atoms with E-state index in [-0.39, 0.29) is 36.9 Å². The first-order valence-corrected chi connectivity index (χ1v) is 11.5. The van der Waals surface area contributed by atoms with Crippen LogP contribution in [0.25, 0.3) is 0 Å². The van der Waals surface area contributed by atoms with Gasteiger partial charge in [0.25, 0.3) is 11.5 Å². The van der Waals surface area contributed by atoms with Crippen LogP contribution in [0.3, 0.4) is 0 Å². The van der Waals surface area contributed by atoms with Gasteiger partial charge < -0.3 is 20.1 Å². The molecular weight excluding hydrogens is 464 g/mol. The number of hydrogen-bond donors (Lipinski definition) is 2. The molecule has 0 unspecified atom stereocenters. The fourth-order valence-corrected chi connectivity index (χ4v) is 3.72. The smallest absolute Gasteiger partial charge is 0.330 e. The van der Waals surface area contributed by atoms with Crippen LogP contribution in [0.2, 0.25) is 0 Å². The minimum Gasteiger partial charge on any atom is -0.496 e. The van der Waals surface area contributed by atoms with Gasteiger partial charge in [-0.1, -0.05) is 62.4 Å². The van der Waals surface area contributed by atoms with Crippen molar-refractivity contribution in [3.05, 3.63) is 86.6 Å². The number of aromatic nitrogens is 2. The first-order chi connectivity index (χ1) is 17.2. The van der Waals surface area contributed by atoms with Crippen LogP contribution in [0.5, 0.6) is 5.75 Å². The molecule has 1 amide bonds. The summed E-state index contributed by atoms with van der Waals surface area (Å²) >= 11 is 0. The number of ether oxygens (including phenoxy) is 2. The Labute approximate surface area is 208 Å². The fraction of sp³-hybridized carbons (Fsp3) is 0.308. The molecule has 0 fully saturated rings. The Hall–Kier alpha value is -4.34. The number of benzene rings is 2. The van der Waals surface area contributed by atoms with E-state index in [9.17, 15) is 19.2 Å². The van der Waals surface area contributed by atoms with Crippen molar-refractivity contribution in [3.63, 3.8) is 0 Å². The number of hydrogen-bond acceptors (Lipinski definition) is 7. The highest BCUT2D eigenvalue weighted by Crippen LogP contribution is 2.20. The third-order valence-corrected chi connectivity index (χ3v) is 5.40. The van der Waals surface area contributed by atoms with Gasteiger partial charge in [-0.3, -0.25) is 23.9 Å². The number of esters is 1. The van der Waals surface area contributed by atoms with E-state index in [0.29, 0.717) is 11.3 Å². The van der Waals surface area contributed by atoms with Crippen LogP contribution in [-0.2, 0) is 27.3 Å². The zero-order chi connectivity index (χ0) is 26.2. The van der Waals surface area contributed by atoms with Crippen molar-refractivity contribution in [3.8, 4) is 5.75 Å². The van der Waals surface area contributed by atoms with E-state index in [1.54, 1.807) is 24.3 Å². The molecule has 10 heteroatoms. The van der Waals surface area contributed by atoms with Crippen molar-refractivity contribution in [2.24, 2.45) is 5.92 Å². The molecule has 36 heavy (non-hydrogen) atoms. The summed E-state index contributed by atoms with van der Waals surface area (Å²) in [5, 5.41) is 0. The van der Waals surface area contributed by atoms with Gasteiger partial charge in [0.2, 0.25) is 0 Å². The van der Waals surface area contributed by atoms with Crippen LogP contribution in [0, 0.1) is 5.92 Å². The van der Waals surface area contributed by atoms with Gasteiger partial charge in [0, 0.05) is 12.1 Å². The Kier molecular flexibility index (Phi) is 8.66. The highest BCUT2D eigenvalue weighted by molar-refractivity contribution is 5.97. The molecule has 10 nitrogen and oxygen atoms in total. The standard InChI is InChI=1S/C26H30N4O6/c1-17(2)14-29(21(31)16-36-22(32)13-19-11-7-8-12-20(19)35-3)23-24(27)30(26(34)28-25(23)33)15-18-9-5-4-6-10-18/h4-12,17H,13-16,27H2,1-3H3,(H,28,33,34). The monoisotopic (exact) mass is 494 g/mol. The lowest BCUT2D eigenvalue weighted by Crippen LogP contribution is -2.44. The van der Waals surface area contributed by atoms with Crippen molar-refractivity contribution in [2.45, 2.75) is 26.8 Å². The van der Waals surface area contributed by atoms with E-state index >= 15 is 0 Å². The summed E-state index contributed by atoms with van der Waals surface area (Å²) in [5.74, 6) is -0.942. The molecule has 0 radical (unpaired) electrons. The van der Waals surface area contributed by atoms with E-state index in [1.165, 1.54) is 11.7 Å². The SMILES string of the molecule is COc1ccccc1CC(=O)OCC(=O)N(CC(C)C)c1c(N)n(Cc2ccccc2)c(=O)[nH]c1=O. The lowest BCUT2D eigenvalue weighted by molar-refractivity contribution is -0.147. The number of para-hydroxylation sites is 1. The number of nitrogens with zero attached hydrogens (tertiary/aromatic N) is 2. The number of anilines is 2. The number of rotatable bonds is 10. The molecule has 0 bridgehead atoms. The molecule has 0 aliphatic carbocycles. The Bertz CT molecular complexity index is 1330. The fourth-order valence-electron chi connectivity index (χ4n) is 3.72. The van der Waals surface area contributed by atoms with E-state index < -0.39 is 29.7 Å². The second kappa shape index (κ2) is 11.9. The molecule has 3 rings (SSSR count). The van der Waals surface area contributed by atoms with Crippen molar-refractivity contribution in [2.75, 3.05) is 30.9 Å². The first kappa shape index (κ1) is 26.3. The van der Waals surface area contributed by atoms with Crippen LogP contribution < -0.4 is 26.6 Å². The van der Waals surface area contributed by atoms with Gasteiger partial charge in [0.05, 0.1) is 20.1 Å². The average molecular weight is 495 g/mol. The molecule has 0 aliphatic rings. The summed E-state index contributed by atoms with van der Waals surface area (Å²) < 4.78 is 11.6. The highest BCUT2D eigenvalue weighted by atomic mass is 16.5. The molecule has 0 saturated heterocycles. The van der Waals surface area contributed by atoms with Gasteiger partial charge in [-0.05, 0) is 17.5 Å². The summed E-state index contributed by atoms with van der Waals surface area (Å²) in [6, 6.07) is 16.1. The van der Waals surface area contributed by atoms with Gasteiger partial charge in [0.1, 0.15) is 11.6 Å². The molecule has 190 valence electrons. The topological polar surface area (TPSA) is 137 Å². The third-order valence-electron chi connectivity index (χ3n) is 5.40. The average Bonchev–Trinajstić information content (AvgIpc) is 2.85. The van der Waals surface area contributed by atoms with Gasteiger partial charge >= 0.3 is 11.7 Å². The van der Waals surface area contributed by atoms with E-state index in [4.69, 9.17) is 15.2 Å². The molecular formula is C26H30N4O6. The maximum atomic E-state index is 13.1. The van der Waals surface area contributed by atoms with Gasteiger partial charge in [-0.25, -0.2) is 4.79 Å². The van der Waals surface area contributed by atoms with Gasteiger partial charge in [-0.2, -0.15) is 0 Å². The highest BCUT2D eigenvalue weighted by Gasteiger charge is 2.26. The van der Waals surface area contributed by atoms with Gasteiger partial charge in [-0.15, -0.1) is 0 Å². The van der Waals surface area contributed by atoms with Crippen molar-refractivity contribution in [1.82, 2.24) is 9.55 Å². The van der Waals surface area contributed by atoms with Crippen LogP contribution in [0.15, 0.2) is 64.2 Å². The maximum absolute atomic E-state index is 13.1. The minimum atomic E-state index is -0.795. The number of nitrogen functional groups attached to an aromatic ring is 1. The quantitative estimate of drug-likeness (QED) is 0.411. The summed E-state index contributed by atoms with van der Waals surface area (Å²) in [6.45, 7) is 3.35. The number of carbonyl (C=O) groups excluding carboxylic acids is 2. The summed E-state index contributed by atoms with van der Waals surface area (Å²) in [4.78, 5) is 54.3. The lowest BCUT2D eigenvalue weighted by atomic mass is 10.1. The zero-order valence-electron chi connectivity index (χ0n) is 20.5. The van der Waals surface area contributed by atoms with Crippen molar-refractivity contribution < 1.29 is 19.1 Å². The first-order valence-electron chi connectivity index (χ1n) is 11.5. The number of amides is 1. The minimum absolute atomic E-state index is 0.0495. The number of methoxy groups -OCH3 is 1. The molecule has 1 heterocycles. The second-order valence-corrected chi connectivity index (χ2v) is 8.61. The molecule has 2 aromatic carbocycles. The van der Waals surface area contributed by atoms with Crippen molar-refractivity contribution in [1.29, 1.82) is 0 Å². The number of nitrogens with two attached hydrogens (primary N) is 1. The molecule has 1 aromatic heterocycles. The third kappa shape index (κ3) is 6.41. The van der Waals surface area contributed by atoms with E-state index in [0.717, 1.165) is 10.5 Å².